The van der Waals surface area contributed by atoms with Crippen molar-refractivity contribution in [1.82, 2.24) is 15.0 Å². The molecule has 4 aliphatic heterocycles. The summed E-state index contributed by atoms with van der Waals surface area (Å²) in [7, 11) is -0.609. The van der Waals surface area contributed by atoms with E-state index in [0.717, 1.165) is 45.1 Å². The van der Waals surface area contributed by atoms with Gasteiger partial charge in [0.05, 0.1) is 33.0 Å². The fraction of sp³-hybridized carbons (Fsp3) is 0.458. The molecule has 2 saturated heterocycles. The van der Waals surface area contributed by atoms with Crippen molar-refractivity contribution in [1.29, 1.82) is 0 Å². The van der Waals surface area contributed by atoms with E-state index in [1.165, 1.54) is 0 Å². The predicted octanol–water partition coefficient (Wildman–Crippen LogP) is 1.95. The van der Waals surface area contributed by atoms with Gasteiger partial charge in [-0.05, 0) is 28.1 Å². The molecule has 7 rings (SSSR count). The Labute approximate surface area is 197 Å². The first kappa shape index (κ1) is 20.5. The lowest BCUT2D eigenvalue weighted by Gasteiger charge is -2.41. The third-order valence-electron chi connectivity index (χ3n) is 7.64. The zero-order valence-corrected chi connectivity index (χ0v) is 19.9. The predicted molar refractivity (Wildman–Crippen MR) is 130 cm³/mol. The van der Waals surface area contributed by atoms with Crippen molar-refractivity contribution in [3.63, 3.8) is 0 Å². The normalized spacial score (nSPS) is 29.8. The second kappa shape index (κ2) is 7.10. The van der Waals surface area contributed by atoms with Crippen molar-refractivity contribution >= 4 is 31.1 Å². The standard InChI is InChI=1S/C24H26N4O5S/c1-30-15-9-17(16-3-5-25-18(16)10-15)22-26-21(24-4-7-31-13-19(24)34(24,2)29)20-23(27-22)28-6-8-32-11-14(28)12-33-20/h3,5,9-10,14,25H,4,6-8,11-13H2,1-2H3. The molecule has 4 aliphatic rings. The molecule has 10 heteroatoms. The maximum Gasteiger partial charge on any atom is 0.185 e. The Hall–Kier alpha value is -2.82. The number of fused-ring (bicyclic) bond motifs is 5. The molecule has 0 radical (unpaired) electrons. The van der Waals surface area contributed by atoms with E-state index >= 15 is 0 Å². The second-order valence-electron chi connectivity index (χ2n) is 9.29. The quantitative estimate of drug-likeness (QED) is 0.566. The first-order valence-electron chi connectivity index (χ1n) is 11.5. The molecule has 3 aromatic rings. The number of aromatic amines is 1. The molecule has 34 heavy (non-hydrogen) atoms. The van der Waals surface area contributed by atoms with Crippen LogP contribution in [-0.4, -0.2) is 83.0 Å². The van der Waals surface area contributed by atoms with E-state index in [0.29, 0.717) is 51.0 Å². The molecule has 1 N–H and O–H groups in total. The molecule has 2 aromatic heterocycles. The van der Waals surface area contributed by atoms with E-state index in [-0.39, 0.29) is 6.04 Å². The lowest BCUT2D eigenvalue weighted by atomic mass is 9.94. The summed E-state index contributed by atoms with van der Waals surface area (Å²) in [6.45, 7) is 3.40. The Morgan fingerprint density at radius 3 is 3.00 bits per heavy atom. The summed E-state index contributed by atoms with van der Waals surface area (Å²) >= 11 is 0. The summed E-state index contributed by atoms with van der Waals surface area (Å²) in [4.78, 5) is 16.6. The number of nitrogens with one attached hydrogen (secondary N) is 1. The molecule has 3 unspecified atom stereocenters. The van der Waals surface area contributed by atoms with Crippen LogP contribution in [0.4, 0.5) is 5.82 Å². The number of H-pyrrole nitrogens is 1. The van der Waals surface area contributed by atoms with Gasteiger partial charge in [-0.2, -0.15) is 0 Å². The third kappa shape index (κ3) is 2.61. The highest BCUT2D eigenvalue weighted by molar-refractivity contribution is 8.12. The molecular formula is C24H26N4O5S. The maximum absolute atomic E-state index is 13.8. The minimum absolute atomic E-state index is 0.0928. The molecule has 9 nitrogen and oxygen atoms in total. The van der Waals surface area contributed by atoms with Gasteiger partial charge in [-0.1, -0.05) is 0 Å². The van der Waals surface area contributed by atoms with E-state index in [4.69, 9.17) is 28.9 Å². The number of rotatable bonds is 3. The Bertz CT molecular complexity index is 1460. The van der Waals surface area contributed by atoms with Crippen LogP contribution in [0.15, 0.2) is 24.4 Å². The van der Waals surface area contributed by atoms with Crippen LogP contribution >= 0.6 is 0 Å². The zero-order valence-electron chi connectivity index (χ0n) is 19.1. The first-order chi connectivity index (χ1) is 16.5. The van der Waals surface area contributed by atoms with Crippen LogP contribution in [0.5, 0.6) is 11.5 Å². The number of aromatic nitrogens is 3. The highest BCUT2D eigenvalue weighted by Gasteiger charge is 2.63. The smallest absolute Gasteiger partial charge is 0.185 e. The Morgan fingerprint density at radius 2 is 2.15 bits per heavy atom. The Kier molecular flexibility index (Phi) is 4.29. The molecule has 2 fully saturated rings. The summed E-state index contributed by atoms with van der Waals surface area (Å²) in [5.41, 5.74) is 2.54. The molecule has 0 bridgehead atoms. The topological polar surface area (TPSA) is 98.8 Å². The molecule has 0 amide bonds. The number of nitrogens with zero attached hydrogens (tertiary/aromatic N) is 3. The van der Waals surface area contributed by atoms with Gasteiger partial charge in [0.2, 0.25) is 0 Å². The fourth-order valence-corrected chi connectivity index (χ4v) is 8.69. The van der Waals surface area contributed by atoms with Crippen LogP contribution in [0.25, 0.3) is 22.3 Å². The number of ether oxygens (including phenoxy) is 4. The molecule has 178 valence electrons. The summed E-state index contributed by atoms with van der Waals surface area (Å²) < 4.78 is 36.4. The van der Waals surface area contributed by atoms with E-state index in [1.807, 2.05) is 30.7 Å². The van der Waals surface area contributed by atoms with Gasteiger partial charge in [-0.3, -0.25) is 4.21 Å². The second-order valence-corrected chi connectivity index (χ2v) is 12.2. The van der Waals surface area contributed by atoms with E-state index < -0.39 is 14.3 Å². The van der Waals surface area contributed by atoms with Crippen molar-refractivity contribution in [3.8, 4) is 22.9 Å². The molecule has 3 atom stereocenters. The number of anilines is 1. The van der Waals surface area contributed by atoms with Crippen LogP contribution in [0, 0.1) is 0 Å². The number of morpholine rings is 1. The van der Waals surface area contributed by atoms with Crippen LogP contribution in [-0.2, 0) is 23.7 Å². The summed E-state index contributed by atoms with van der Waals surface area (Å²) in [5.74, 6) is 2.71. The van der Waals surface area contributed by atoms with E-state index in [1.54, 1.807) is 7.11 Å². The molecule has 0 spiro atoms. The largest absolute Gasteiger partial charge is 0.497 e. The van der Waals surface area contributed by atoms with Crippen molar-refractivity contribution < 1.29 is 23.2 Å². The van der Waals surface area contributed by atoms with Crippen LogP contribution in [0.1, 0.15) is 12.1 Å². The average Bonchev–Trinajstić information content (AvgIpc) is 3.15. The lowest BCUT2D eigenvalue weighted by molar-refractivity contribution is 0.0690. The SMILES string of the molecule is COc1cc(-c2nc3c(c(C45CCOCC4=S5(C)=O)n2)OCC2COCCN32)c2cc[nH]c2c1. The Morgan fingerprint density at radius 1 is 1.24 bits per heavy atom. The first-order valence-corrected chi connectivity index (χ1v) is 13.5. The molecule has 0 saturated carbocycles. The van der Waals surface area contributed by atoms with Gasteiger partial charge in [0.1, 0.15) is 22.8 Å². The number of methoxy groups -OCH3 is 1. The summed E-state index contributed by atoms with van der Waals surface area (Å²) in [6, 6.07) is 6.03. The number of hydrogen-bond acceptors (Lipinski definition) is 8. The minimum atomic E-state index is -2.26. The van der Waals surface area contributed by atoms with Gasteiger partial charge in [-0.15, -0.1) is 0 Å². The third-order valence-corrected chi connectivity index (χ3v) is 10.8. The van der Waals surface area contributed by atoms with Gasteiger partial charge in [-0.25, -0.2) is 9.97 Å². The molecular weight excluding hydrogens is 456 g/mol. The van der Waals surface area contributed by atoms with Crippen LogP contribution in [0.3, 0.4) is 0 Å². The zero-order chi connectivity index (χ0) is 23.1. The van der Waals surface area contributed by atoms with Gasteiger partial charge in [0.15, 0.2) is 17.4 Å². The number of benzene rings is 1. The van der Waals surface area contributed by atoms with Gasteiger partial charge >= 0.3 is 0 Å². The van der Waals surface area contributed by atoms with E-state index in [9.17, 15) is 4.21 Å². The van der Waals surface area contributed by atoms with Crippen LogP contribution in [0.2, 0.25) is 0 Å². The van der Waals surface area contributed by atoms with Crippen LogP contribution < -0.4 is 14.4 Å². The van der Waals surface area contributed by atoms with Crippen molar-refractivity contribution in [2.45, 2.75) is 17.2 Å². The van der Waals surface area contributed by atoms with Gasteiger partial charge < -0.3 is 28.8 Å². The average molecular weight is 483 g/mol. The molecule has 0 aliphatic carbocycles. The molecule has 6 heterocycles. The minimum Gasteiger partial charge on any atom is -0.497 e. The summed E-state index contributed by atoms with van der Waals surface area (Å²) in [5, 5.41) is 1.00. The monoisotopic (exact) mass is 482 g/mol. The lowest BCUT2D eigenvalue weighted by Crippen LogP contribution is -2.52. The number of hydrogen-bond donors (Lipinski definition) is 1. The maximum atomic E-state index is 13.8. The van der Waals surface area contributed by atoms with Crippen molar-refractivity contribution in [3.05, 3.63) is 30.1 Å². The van der Waals surface area contributed by atoms with Crippen molar-refractivity contribution in [2.75, 3.05) is 57.8 Å². The molecule has 1 aromatic carbocycles. The van der Waals surface area contributed by atoms with Crippen molar-refractivity contribution in [2.24, 2.45) is 0 Å². The van der Waals surface area contributed by atoms with Gasteiger partial charge in [0.25, 0.3) is 0 Å². The van der Waals surface area contributed by atoms with Gasteiger partial charge in [0, 0.05) is 53.0 Å². The van der Waals surface area contributed by atoms with E-state index in [2.05, 4.69) is 9.88 Å². The highest BCUT2D eigenvalue weighted by atomic mass is 32.2. The summed E-state index contributed by atoms with van der Waals surface area (Å²) in [6.07, 6.45) is 4.37. The Balaban J connectivity index is 1.50. The fourth-order valence-electron chi connectivity index (χ4n) is 5.75. The highest BCUT2D eigenvalue weighted by Crippen LogP contribution is 2.55.